The third-order valence-electron chi connectivity index (χ3n) is 3.60. The van der Waals surface area contributed by atoms with Crippen LogP contribution in [-0.4, -0.2) is 17.6 Å². The summed E-state index contributed by atoms with van der Waals surface area (Å²) < 4.78 is 0. The van der Waals surface area contributed by atoms with Gasteiger partial charge in [-0.25, -0.2) is 0 Å². The van der Waals surface area contributed by atoms with Crippen molar-refractivity contribution in [2.45, 2.75) is 45.1 Å². The van der Waals surface area contributed by atoms with Gasteiger partial charge in [0.1, 0.15) is 0 Å². The molecule has 20 heavy (non-hydrogen) atoms. The number of thiophene rings is 1. The predicted octanol–water partition coefficient (Wildman–Crippen LogP) is 2.68. The van der Waals surface area contributed by atoms with Gasteiger partial charge in [0, 0.05) is 23.3 Å². The number of amides is 1. The van der Waals surface area contributed by atoms with Crippen molar-refractivity contribution in [3.63, 3.8) is 0 Å². The average Bonchev–Trinajstić information content (AvgIpc) is 3.08. The summed E-state index contributed by atoms with van der Waals surface area (Å²) in [6.45, 7) is 0.650. The Hall–Kier alpha value is -1.31. The zero-order valence-corrected chi connectivity index (χ0v) is 12.5. The molecule has 1 amide bonds. The Morgan fingerprint density at radius 1 is 1.45 bits per heavy atom. The molecule has 1 saturated carbocycles. The summed E-state index contributed by atoms with van der Waals surface area (Å²) in [6, 6.07) is 1.97. The minimum Gasteiger partial charge on any atom is -0.395 e. The summed E-state index contributed by atoms with van der Waals surface area (Å²) in [5, 5.41) is 13.7. The topological polar surface area (TPSA) is 49.3 Å². The van der Waals surface area contributed by atoms with Gasteiger partial charge in [-0.2, -0.15) is 0 Å². The van der Waals surface area contributed by atoms with E-state index in [2.05, 4.69) is 17.2 Å². The number of nitrogens with one attached hydrogen (secondary N) is 1. The lowest BCUT2D eigenvalue weighted by atomic mass is 10.0. The highest BCUT2D eigenvalue weighted by Crippen LogP contribution is 2.27. The summed E-state index contributed by atoms with van der Waals surface area (Å²) in [6.07, 6.45) is 6.09. The van der Waals surface area contributed by atoms with E-state index < -0.39 is 0 Å². The summed E-state index contributed by atoms with van der Waals surface area (Å²) in [5.74, 6) is 6.70. The van der Waals surface area contributed by atoms with Crippen molar-refractivity contribution in [2.24, 2.45) is 5.92 Å². The number of carbonyl (C=O) groups is 1. The third kappa shape index (κ3) is 4.66. The quantitative estimate of drug-likeness (QED) is 0.819. The van der Waals surface area contributed by atoms with E-state index in [4.69, 9.17) is 5.11 Å². The van der Waals surface area contributed by atoms with Crippen LogP contribution in [0.5, 0.6) is 0 Å². The molecule has 1 aliphatic rings. The van der Waals surface area contributed by atoms with Crippen LogP contribution in [0.2, 0.25) is 0 Å². The molecule has 108 valence electrons. The maximum atomic E-state index is 11.9. The van der Waals surface area contributed by atoms with E-state index in [0.717, 1.165) is 10.4 Å². The zero-order chi connectivity index (χ0) is 14.2. The van der Waals surface area contributed by atoms with Crippen molar-refractivity contribution in [1.29, 1.82) is 0 Å². The van der Waals surface area contributed by atoms with Crippen LogP contribution >= 0.6 is 11.3 Å². The van der Waals surface area contributed by atoms with Crippen LogP contribution in [-0.2, 0) is 11.3 Å². The summed E-state index contributed by atoms with van der Waals surface area (Å²) in [5.41, 5.74) is 0.963. The SMILES string of the molecule is O=C(CC1CCCC1)NCc1sccc1C#CCCO. The number of aliphatic hydroxyl groups excluding tert-OH is 1. The first-order chi connectivity index (χ1) is 9.79. The molecule has 0 aliphatic heterocycles. The van der Waals surface area contributed by atoms with E-state index in [1.165, 1.54) is 25.7 Å². The first kappa shape index (κ1) is 15.1. The summed E-state index contributed by atoms with van der Waals surface area (Å²) >= 11 is 1.61. The van der Waals surface area contributed by atoms with Crippen LogP contribution in [0.3, 0.4) is 0 Å². The smallest absolute Gasteiger partial charge is 0.220 e. The first-order valence-corrected chi connectivity index (χ1v) is 8.10. The Morgan fingerprint density at radius 3 is 3.00 bits per heavy atom. The lowest BCUT2D eigenvalue weighted by molar-refractivity contribution is -0.122. The fraction of sp³-hybridized carbons (Fsp3) is 0.562. The fourth-order valence-electron chi connectivity index (χ4n) is 2.53. The number of aliphatic hydroxyl groups is 1. The predicted molar refractivity (Wildman–Crippen MR) is 81.3 cm³/mol. The number of rotatable bonds is 5. The Balaban J connectivity index is 1.80. The minimum atomic E-state index is 0.0879. The molecule has 0 radical (unpaired) electrons. The van der Waals surface area contributed by atoms with Crippen molar-refractivity contribution >= 4 is 17.2 Å². The molecule has 0 spiro atoms. The lowest BCUT2D eigenvalue weighted by Gasteiger charge is -2.09. The molecule has 1 aromatic rings. The standard InChI is InChI=1S/C16H21NO2S/c18-9-4-3-7-14-8-10-20-15(14)12-17-16(19)11-13-5-1-2-6-13/h8,10,13,18H,1-2,4-6,9,11-12H2,(H,17,19). The second-order valence-corrected chi connectivity index (χ2v) is 6.16. The normalized spacial score (nSPS) is 14.8. The molecule has 1 aromatic heterocycles. The van der Waals surface area contributed by atoms with Gasteiger partial charge in [-0.15, -0.1) is 11.3 Å². The Bertz CT molecular complexity index is 492. The fourth-order valence-corrected chi connectivity index (χ4v) is 3.30. The lowest BCUT2D eigenvalue weighted by Crippen LogP contribution is -2.24. The molecule has 3 nitrogen and oxygen atoms in total. The van der Waals surface area contributed by atoms with Crippen LogP contribution in [0.25, 0.3) is 0 Å². The maximum Gasteiger partial charge on any atom is 0.220 e. The van der Waals surface area contributed by atoms with E-state index in [9.17, 15) is 4.79 Å². The van der Waals surface area contributed by atoms with Gasteiger partial charge in [-0.05, 0) is 30.2 Å². The Labute approximate surface area is 124 Å². The minimum absolute atomic E-state index is 0.0879. The molecular formula is C16H21NO2S. The molecule has 1 aliphatic carbocycles. The van der Waals surface area contributed by atoms with E-state index >= 15 is 0 Å². The van der Waals surface area contributed by atoms with E-state index in [1.54, 1.807) is 11.3 Å². The highest BCUT2D eigenvalue weighted by molar-refractivity contribution is 7.10. The van der Waals surface area contributed by atoms with Crippen LogP contribution in [0, 0.1) is 17.8 Å². The molecule has 0 atom stereocenters. The summed E-state index contributed by atoms with van der Waals surface area (Å²) in [4.78, 5) is 13.0. The van der Waals surface area contributed by atoms with Crippen molar-refractivity contribution in [3.8, 4) is 11.8 Å². The van der Waals surface area contributed by atoms with Crippen molar-refractivity contribution < 1.29 is 9.90 Å². The van der Waals surface area contributed by atoms with Crippen molar-refractivity contribution in [1.82, 2.24) is 5.32 Å². The van der Waals surface area contributed by atoms with E-state index in [1.807, 2.05) is 11.4 Å². The van der Waals surface area contributed by atoms with Crippen LogP contribution in [0.1, 0.15) is 49.0 Å². The van der Waals surface area contributed by atoms with E-state index in [-0.39, 0.29) is 12.5 Å². The van der Waals surface area contributed by atoms with Gasteiger partial charge in [-0.3, -0.25) is 4.79 Å². The van der Waals surface area contributed by atoms with Crippen LogP contribution in [0.15, 0.2) is 11.4 Å². The molecule has 0 unspecified atom stereocenters. The van der Waals surface area contributed by atoms with Crippen molar-refractivity contribution in [2.75, 3.05) is 6.61 Å². The number of hydrogen-bond acceptors (Lipinski definition) is 3. The first-order valence-electron chi connectivity index (χ1n) is 7.22. The monoisotopic (exact) mass is 291 g/mol. The number of carbonyl (C=O) groups excluding carboxylic acids is 1. The van der Waals surface area contributed by atoms with Gasteiger partial charge in [0.2, 0.25) is 5.91 Å². The molecule has 1 heterocycles. The van der Waals surface area contributed by atoms with Gasteiger partial charge >= 0.3 is 0 Å². The molecule has 4 heteroatoms. The highest BCUT2D eigenvalue weighted by Gasteiger charge is 2.18. The zero-order valence-electron chi connectivity index (χ0n) is 11.7. The largest absolute Gasteiger partial charge is 0.395 e. The Morgan fingerprint density at radius 2 is 2.25 bits per heavy atom. The summed E-state index contributed by atoms with van der Waals surface area (Å²) in [7, 11) is 0. The average molecular weight is 291 g/mol. The highest BCUT2D eigenvalue weighted by atomic mass is 32.1. The third-order valence-corrected chi connectivity index (χ3v) is 4.52. The molecule has 2 N–H and O–H groups in total. The molecule has 1 fully saturated rings. The second-order valence-electron chi connectivity index (χ2n) is 5.16. The van der Waals surface area contributed by atoms with Gasteiger partial charge in [0.25, 0.3) is 0 Å². The van der Waals surface area contributed by atoms with Gasteiger partial charge < -0.3 is 10.4 Å². The molecule has 0 saturated heterocycles. The van der Waals surface area contributed by atoms with Gasteiger partial charge in [0.05, 0.1) is 13.2 Å². The molecular weight excluding hydrogens is 270 g/mol. The van der Waals surface area contributed by atoms with Gasteiger partial charge in [0.15, 0.2) is 0 Å². The van der Waals surface area contributed by atoms with Crippen LogP contribution < -0.4 is 5.32 Å². The van der Waals surface area contributed by atoms with E-state index in [0.29, 0.717) is 25.3 Å². The van der Waals surface area contributed by atoms with Gasteiger partial charge in [-0.1, -0.05) is 24.7 Å². The Kier molecular flexibility index (Phi) is 6.10. The second kappa shape index (κ2) is 8.08. The molecule has 0 aromatic carbocycles. The van der Waals surface area contributed by atoms with Crippen LogP contribution in [0.4, 0.5) is 0 Å². The molecule has 0 bridgehead atoms. The maximum absolute atomic E-state index is 11.9. The molecule has 2 rings (SSSR count). The van der Waals surface area contributed by atoms with Crippen molar-refractivity contribution in [3.05, 3.63) is 21.9 Å². The number of hydrogen-bond donors (Lipinski definition) is 2.